The van der Waals surface area contributed by atoms with Crippen LogP contribution < -0.4 is 5.32 Å². The van der Waals surface area contributed by atoms with Gasteiger partial charge in [0.05, 0.1) is 15.7 Å². The maximum Gasteiger partial charge on any atom is 0.283 e. The van der Waals surface area contributed by atoms with Crippen molar-refractivity contribution in [1.82, 2.24) is 9.78 Å². The van der Waals surface area contributed by atoms with Gasteiger partial charge in [0.15, 0.2) is 0 Å². The van der Waals surface area contributed by atoms with Gasteiger partial charge in [0, 0.05) is 4.88 Å². The van der Waals surface area contributed by atoms with Crippen LogP contribution in [-0.2, 0) is 17.6 Å². The molecule has 1 amide bonds. The molecule has 0 radical (unpaired) electrons. The lowest BCUT2D eigenvalue weighted by molar-refractivity contribution is -0.119. The number of anilines is 1. The van der Waals surface area contributed by atoms with Crippen molar-refractivity contribution in [2.24, 2.45) is 0 Å². The van der Waals surface area contributed by atoms with E-state index in [1.807, 2.05) is 0 Å². The van der Waals surface area contributed by atoms with E-state index in [4.69, 9.17) is 0 Å². The molecule has 2 heterocycles. The lowest BCUT2D eigenvalue weighted by atomic mass is 9.96. The van der Waals surface area contributed by atoms with E-state index in [0.29, 0.717) is 16.3 Å². The van der Waals surface area contributed by atoms with Crippen LogP contribution in [0.5, 0.6) is 0 Å². The summed E-state index contributed by atoms with van der Waals surface area (Å²) in [4.78, 5) is 13.8. The van der Waals surface area contributed by atoms with Crippen molar-refractivity contribution in [2.45, 2.75) is 52.0 Å². The molecular formula is C17H17BrF2N4OS. The van der Waals surface area contributed by atoms with E-state index in [1.54, 1.807) is 13.8 Å². The van der Waals surface area contributed by atoms with Gasteiger partial charge >= 0.3 is 0 Å². The summed E-state index contributed by atoms with van der Waals surface area (Å²) in [5, 5.41) is 16.7. The molecule has 2 aromatic rings. The second-order valence-electron chi connectivity index (χ2n) is 6.22. The minimum atomic E-state index is -2.73. The average Bonchev–Trinajstić information content (AvgIpc) is 3.11. The minimum Gasteiger partial charge on any atom is -0.315 e. The third-order valence-electron chi connectivity index (χ3n) is 4.57. The maximum atomic E-state index is 13.0. The van der Waals surface area contributed by atoms with Gasteiger partial charge < -0.3 is 5.32 Å². The molecule has 1 atom stereocenters. The smallest absolute Gasteiger partial charge is 0.283 e. The van der Waals surface area contributed by atoms with Gasteiger partial charge in [-0.25, -0.2) is 8.78 Å². The number of fused-ring (bicyclic) bond motifs is 1. The van der Waals surface area contributed by atoms with Crippen LogP contribution in [0.4, 0.5) is 13.8 Å². The topological polar surface area (TPSA) is 70.7 Å². The molecule has 0 aromatic carbocycles. The molecule has 0 spiro atoms. The van der Waals surface area contributed by atoms with Crippen molar-refractivity contribution in [3.63, 3.8) is 0 Å². The molecular weight excluding hydrogens is 426 g/mol. The summed E-state index contributed by atoms with van der Waals surface area (Å²) in [5.74, 6) is -0.390. The largest absolute Gasteiger partial charge is 0.315 e. The third-order valence-corrected chi connectivity index (χ3v) is 6.76. The number of aromatic nitrogens is 2. The molecule has 9 heteroatoms. The number of halogens is 3. The molecule has 0 bridgehead atoms. The normalized spacial score (nSPS) is 14.8. The summed E-state index contributed by atoms with van der Waals surface area (Å²) in [6.07, 6.45) is 1.17. The molecule has 3 rings (SSSR count). The summed E-state index contributed by atoms with van der Waals surface area (Å²) >= 11 is 4.54. The highest BCUT2D eigenvalue weighted by Gasteiger charge is 2.27. The zero-order valence-corrected chi connectivity index (χ0v) is 16.7. The number of nitrogens with zero attached hydrogens (tertiary/aromatic N) is 3. The highest BCUT2D eigenvalue weighted by Crippen LogP contribution is 2.38. The zero-order chi connectivity index (χ0) is 19.0. The van der Waals surface area contributed by atoms with Gasteiger partial charge in [-0.05, 0) is 61.0 Å². The predicted octanol–water partition coefficient (Wildman–Crippen LogP) is 4.90. The Morgan fingerprint density at radius 2 is 2.12 bits per heavy atom. The molecule has 0 fully saturated rings. The first-order chi connectivity index (χ1) is 12.3. The fourth-order valence-electron chi connectivity index (χ4n) is 3.14. The average molecular weight is 443 g/mol. The van der Waals surface area contributed by atoms with Crippen molar-refractivity contribution in [3.8, 4) is 6.07 Å². The fraction of sp³-hybridized carbons (Fsp3) is 0.471. The van der Waals surface area contributed by atoms with Crippen molar-refractivity contribution in [2.75, 3.05) is 5.32 Å². The second kappa shape index (κ2) is 7.45. The molecule has 5 nitrogen and oxygen atoms in total. The van der Waals surface area contributed by atoms with Crippen LogP contribution in [0.1, 0.15) is 59.6 Å². The highest BCUT2D eigenvalue weighted by atomic mass is 79.9. The van der Waals surface area contributed by atoms with Crippen molar-refractivity contribution >= 4 is 38.2 Å². The Kier molecular flexibility index (Phi) is 5.44. The number of thiophene rings is 1. The first kappa shape index (κ1) is 19.0. The first-order valence-corrected chi connectivity index (χ1v) is 9.84. The molecule has 2 aromatic heterocycles. The van der Waals surface area contributed by atoms with Crippen molar-refractivity contribution < 1.29 is 13.6 Å². The highest BCUT2D eigenvalue weighted by molar-refractivity contribution is 9.10. The van der Waals surface area contributed by atoms with E-state index in [-0.39, 0.29) is 16.1 Å². The van der Waals surface area contributed by atoms with Crippen LogP contribution in [0.3, 0.4) is 0 Å². The van der Waals surface area contributed by atoms with Gasteiger partial charge in [-0.3, -0.25) is 9.48 Å². The lowest BCUT2D eigenvalue weighted by Crippen LogP contribution is -2.25. The van der Waals surface area contributed by atoms with E-state index in [0.717, 1.165) is 36.1 Å². The number of rotatable bonds is 4. The summed E-state index contributed by atoms with van der Waals surface area (Å²) < 4.78 is 27.5. The Morgan fingerprint density at radius 3 is 2.73 bits per heavy atom. The zero-order valence-electron chi connectivity index (χ0n) is 14.3. The Balaban J connectivity index is 1.86. The standard InChI is InChI=1S/C17H17BrF2N4OS/c1-8-13(18)14(15(19)20)23-24(8)9(2)16(25)22-17-11(7-21)10-5-3-4-6-12(10)26-17/h9,15H,3-6H2,1-2H3,(H,22,25). The summed E-state index contributed by atoms with van der Waals surface area (Å²) in [6.45, 7) is 3.22. The molecule has 1 aliphatic carbocycles. The Morgan fingerprint density at radius 1 is 1.42 bits per heavy atom. The van der Waals surface area contributed by atoms with E-state index in [2.05, 4.69) is 32.4 Å². The molecule has 138 valence electrons. The van der Waals surface area contributed by atoms with Gasteiger partial charge in [0.1, 0.15) is 22.8 Å². The number of hydrogen-bond acceptors (Lipinski definition) is 4. The van der Waals surface area contributed by atoms with Crippen LogP contribution in [0.15, 0.2) is 4.47 Å². The van der Waals surface area contributed by atoms with E-state index in [1.165, 1.54) is 16.0 Å². The second-order valence-corrected chi connectivity index (χ2v) is 8.12. The van der Waals surface area contributed by atoms with Crippen LogP contribution in [0.2, 0.25) is 0 Å². The molecule has 1 aliphatic rings. The third kappa shape index (κ3) is 3.28. The van der Waals surface area contributed by atoms with Gasteiger partial charge in [0.2, 0.25) is 5.91 Å². The number of alkyl halides is 2. The number of hydrogen-bond donors (Lipinski definition) is 1. The fourth-order valence-corrected chi connectivity index (χ4v) is 4.81. The Labute approximate surface area is 162 Å². The maximum absolute atomic E-state index is 13.0. The lowest BCUT2D eigenvalue weighted by Gasteiger charge is -2.14. The monoisotopic (exact) mass is 442 g/mol. The van der Waals surface area contributed by atoms with E-state index in [9.17, 15) is 18.8 Å². The molecule has 0 saturated heterocycles. The number of carbonyl (C=O) groups is 1. The van der Waals surface area contributed by atoms with Crippen molar-refractivity contribution in [1.29, 1.82) is 5.26 Å². The number of nitrogens with one attached hydrogen (secondary N) is 1. The summed E-state index contributed by atoms with van der Waals surface area (Å²) in [5.41, 5.74) is 1.63. The molecule has 0 saturated carbocycles. The molecule has 1 unspecified atom stereocenters. The molecule has 1 N–H and O–H groups in total. The molecule has 0 aliphatic heterocycles. The Hall–Kier alpha value is -1.79. The number of carbonyl (C=O) groups excluding carboxylic acids is 1. The van der Waals surface area contributed by atoms with Crippen LogP contribution in [0, 0.1) is 18.3 Å². The van der Waals surface area contributed by atoms with E-state index < -0.39 is 12.5 Å². The van der Waals surface area contributed by atoms with Gasteiger partial charge in [0.25, 0.3) is 6.43 Å². The number of amides is 1. The van der Waals surface area contributed by atoms with Crippen molar-refractivity contribution in [3.05, 3.63) is 31.9 Å². The number of aryl methyl sites for hydroxylation is 1. The number of nitriles is 1. The quantitative estimate of drug-likeness (QED) is 0.731. The van der Waals surface area contributed by atoms with Gasteiger partial charge in [-0.1, -0.05) is 0 Å². The first-order valence-electron chi connectivity index (χ1n) is 8.23. The van der Waals surface area contributed by atoms with E-state index >= 15 is 0 Å². The van der Waals surface area contributed by atoms with Crippen LogP contribution in [-0.4, -0.2) is 15.7 Å². The molecule has 26 heavy (non-hydrogen) atoms. The predicted molar refractivity (Wildman–Crippen MR) is 98.6 cm³/mol. The van der Waals surface area contributed by atoms with Gasteiger partial charge in [-0.15, -0.1) is 11.3 Å². The SMILES string of the molecule is Cc1c(Br)c(C(F)F)nn1C(C)C(=O)Nc1sc2c(c1C#N)CCCC2. The summed E-state index contributed by atoms with van der Waals surface area (Å²) in [6, 6.07) is 1.41. The Bertz CT molecular complexity index is 900. The van der Waals surface area contributed by atoms with Crippen LogP contribution in [0.25, 0.3) is 0 Å². The minimum absolute atomic E-state index is 0.205. The van der Waals surface area contributed by atoms with Gasteiger partial charge in [-0.2, -0.15) is 10.4 Å². The summed E-state index contributed by atoms with van der Waals surface area (Å²) in [7, 11) is 0. The van der Waals surface area contributed by atoms with Crippen LogP contribution >= 0.6 is 27.3 Å².